The van der Waals surface area contributed by atoms with Gasteiger partial charge in [0.1, 0.15) is 24.3 Å². The van der Waals surface area contributed by atoms with Gasteiger partial charge in [-0.3, -0.25) is 9.59 Å². The minimum absolute atomic E-state index is 0.165. The third-order valence-corrected chi connectivity index (χ3v) is 5.35. The van der Waals surface area contributed by atoms with Gasteiger partial charge >= 0.3 is 12.2 Å². The van der Waals surface area contributed by atoms with E-state index in [-0.39, 0.29) is 19.4 Å². The molecule has 0 spiro atoms. The van der Waals surface area contributed by atoms with Crippen LogP contribution >= 0.6 is 0 Å². The van der Waals surface area contributed by atoms with Gasteiger partial charge in [0.05, 0.1) is 0 Å². The second-order valence-electron chi connectivity index (χ2n) is 9.84. The highest BCUT2D eigenvalue weighted by atomic mass is 16.6. The topological polar surface area (TPSA) is 149 Å². The van der Waals surface area contributed by atoms with Crippen molar-refractivity contribution >= 4 is 24.0 Å². The third kappa shape index (κ3) is 12.2. The van der Waals surface area contributed by atoms with E-state index in [1.165, 1.54) is 0 Å². The van der Waals surface area contributed by atoms with Crippen LogP contribution < -0.4 is 21.7 Å². The van der Waals surface area contributed by atoms with Crippen molar-refractivity contribution in [3.05, 3.63) is 71.8 Å². The third-order valence-electron chi connectivity index (χ3n) is 5.35. The van der Waals surface area contributed by atoms with Crippen LogP contribution in [0.15, 0.2) is 60.7 Å². The van der Waals surface area contributed by atoms with Crippen LogP contribution in [0.4, 0.5) is 9.59 Å². The molecule has 5 N–H and O–H groups in total. The zero-order valence-electron chi connectivity index (χ0n) is 22.2. The minimum atomic E-state index is -0.965. The Morgan fingerprint density at radius 2 is 1.42 bits per heavy atom. The summed E-state index contributed by atoms with van der Waals surface area (Å²) < 4.78 is 10.5. The van der Waals surface area contributed by atoms with Crippen molar-refractivity contribution in [2.24, 2.45) is 5.73 Å². The normalized spacial score (nSPS) is 12.5. The highest BCUT2D eigenvalue weighted by Crippen LogP contribution is 2.10. The highest BCUT2D eigenvalue weighted by Gasteiger charge is 2.27. The van der Waals surface area contributed by atoms with E-state index in [1.807, 2.05) is 60.7 Å². The lowest BCUT2D eigenvalue weighted by atomic mass is 10.0. The van der Waals surface area contributed by atoms with E-state index in [4.69, 9.17) is 15.2 Å². The molecule has 0 aliphatic carbocycles. The largest absolute Gasteiger partial charge is 0.445 e. The number of hydrogen-bond acceptors (Lipinski definition) is 6. The molecule has 2 atom stereocenters. The molecule has 206 valence electrons. The molecule has 0 bridgehead atoms. The maximum Gasteiger partial charge on any atom is 0.408 e. The van der Waals surface area contributed by atoms with E-state index in [9.17, 15) is 19.2 Å². The number of carbonyl (C=O) groups is 4. The maximum atomic E-state index is 13.1. The summed E-state index contributed by atoms with van der Waals surface area (Å²) in [7, 11) is 0. The SMILES string of the molecule is CC(C)(C)OC(=O)NC(CCCCNC(=O)OCc1ccccc1)C(=O)NC(Cc1ccccc1)C(N)=O. The quantitative estimate of drug-likeness (QED) is 0.295. The van der Waals surface area contributed by atoms with Gasteiger partial charge in [-0.2, -0.15) is 0 Å². The second-order valence-corrected chi connectivity index (χ2v) is 9.84. The second kappa shape index (κ2) is 15.2. The van der Waals surface area contributed by atoms with Crippen molar-refractivity contribution < 1.29 is 28.7 Å². The fraction of sp³-hybridized carbons (Fsp3) is 0.429. The van der Waals surface area contributed by atoms with Crippen molar-refractivity contribution in [1.82, 2.24) is 16.0 Å². The van der Waals surface area contributed by atoms with E-state index < -0.39 is 41.7 Å². The average molecular weight is 527 g/mol. The minimum Gasteiger partial charge on any atom is -0.445 e. The zero-order valence-corrected chi connectivity index (χ0v) is 22.2. The Morgan fingerprint density at radius 3 is 2.00 bits per heavy atom. The molecule has 0 radical (unpaired) electrons. The molecule has 0 aliphatic heterocycles. The molecule has 4 amide bonds. The van der Waals surface area contributed by atoms with Crippen molar-refractivity contribution in [3.63, 3.8) is 0 Å². The number of nitrogens with two attached hydrogens (primary N) is 1. The molecule has 10 heteroatoms. The van der Waals surface area contributed by atoms with Crippen LogP contribution in [0.5, 0.6) is 0 Å². The fourth-order valence-electron chi connectivity index (χ4n) is 3.50. The highest BCUT2D eigenvalue weighted by molar-refractivity contribution is 5.90. The van der Waals surface area contributed by atoms with Crippen molar-refractivity contribution in [3.8, 4) is 0 Å². The van der Waals surface area contributed by atoms with Gasteiger partial charge < -0.3 is 31.2 Å². The number of unbranched alkanes of at least 4 members (excludes halogenated alkanes) is 1. The number of nitrogens with one attached hydrogen (secondary N) is 3. The Labute approximate surface area is 223 Å². The van der Waals surface area contributed by atoms with Crippen LogP contribution in [-0.2, 0) is 32.1 Å². The molecule has 2 aromatic carbocycles. The van der Waals surface area contributed by atoms with Crippen LogP contribution in [0, 0.1) is 0 Å². The van der Waals surface area contributed by atoms with Gasteiger partial charge in [-0.1, -0.05) is 60.7 Å². The summed E-state index contributed by atoms with van der Waals surface area (Å²) >= 11 is 0. The standard InChI is InChI=1S/C28H38N4O6/c1-28(2,3)38-27(36)32-22(25(34)31-23(24(29)33)18-20-12-6-4-7-13-20)16-10-11-17-30-26(35)37-19-21-14-8-5-9-15-21/h4-9,12-15,22-23H,10-11,16-19H2,1-3H3,(H2,29,33)(H,30,35)(H,31,34)(H,32,36). The monoisotopic (exact) mass is 526 g/mol. The van der Waals surface area contributed by atoms with Gasteiger partial charge in [0.2, 0.25) is 11.8 Å². The summed E-state index contributed by atoms with van der Waals surface area (Å²) in [5, 5.41) is 7.90. The lowest BCUT2D eigenvalue weighted by Gasteiger charge is -2.25. The Bertz CT molecular complexity index is 1040. The maximum absolute atomic E-state index is 13.1. The molecule has 2 rings (SSSR count). The number of hydrogen-bond donors (Lipinski definition) is 4. The number of alkyl carbamates (subject to hydrolysis) is 2. The van der Waals surface area contributed by atoms with Crippen LogP contribution in [0.1, 0.15) is 51.2 Å². The molecule has 0 saturated heterocycles. The molecular weight excluding hydrogens is 488 g/mol. The predicted molar refractivity (Wildman–Crippen MR) is 143 cm³/mol. The molecule has 38 heavy (non-hydrogen) atoms. The Kier molecular flexibility index (Phi) is 12.1. The first-order valence-electron chi connectivity index (χ1n) is 12.6. The van der Waals surface area contributed by atoms with E-state index in [0.29, 0.717) is 19.4 Å². The zero-order chi connectivity index (χ0) is 28.0. The Morgan fingerprint density at radius 1 is 0.816 bits per heavy atom. The number of ether oxygens (including phenoxy) is 2. The first kappa shape index (κ1) is 30.1. The Balaban J connectivity index is 1.88. The predicted octanol–water partition coefficient (Wildman–Crippen LogP) is 3.19. The molecule has 2 unspecified atom stereocenters. The van der Waals surface area contributed by atoms with E-state index in [0.717, 1.165) is 11.1 Å². The lowest BCUT2D eigenvalue weighted by Crippen LogP contribution is -2.54. The summed E-state index contributed by atoms with van der Waals surface area (Å²) in [5.41, 5.74) is 6.49. The summed E-state index contributed by atoms with van der Waals surface area (Å²) in [5.74, 6) is -1.23. The molecule has 0 heterocycles. The van der Waals surface area contributed by atoms with Crippen molar-refractivity contribution in [2.75, 3.05) is 6.54 Å². The van der Waals surface area contributed by atoms with E-state index >= 15 is 0 Å². The average Bonchev–Trinajstić information content (AvgIpc) is 2.86. The van der Waals surface area contributed by atoms with Crippen LogP contribution in [-0.4, -0.2) is 48.2 Å². The molecule has 0 fully saturated rings. The Hall–Kier alpha value is -4.08. The molecular formula is C28H38N4O6. The van der Waals surface area contributed by atoms with Gasteiger partial charge in [0.25, 0.3) is 0 Å². The van der Waals surface area contributed by atoms with Crippen LogP contribution in [0.3, 0.4) is 0 Å². The number of primary amides is 1. The fourth-order valence-corrected chi connectivity index (χ4v) is 3.50. The molecule has 0 saturated carbocycles. The van der Waals surface area contributed by atoms with E-state index in [2.05, 4.69) is 16.0 Å². The first-order valence-corrected chi connectivity index (χ1v) is 12.6. The summed E-state index contributed by atoms with van der Waals surface area (Å²) in [4.78, 5) is 49.4. The smallest absolute Gasteiger partial charge is 0.408 e. The summed E-state index contributed by atoms with van der Waals surface area (Å²) in [6, 6.07) is 16.6. The van der Waals surface area contributed by atoms with Crippen molar-refractivity contribution in [2.45, 2.75) is 70.7 Å². The van der Waals surface area contributed by atoms with Gasteiger partial charge in [-0.05, 0) is 51.2 Å². The van der Waals surface area contributed by atoms with Crippen LogP contribution in [0.2, 0.25) is 0 Å². The molecule has 10 nitrogen and oxygen atoms in total. The van der Waals surface area contributed by atoms with Gasteiger partial charge in [0, 0.05) is 13.0 Å². The number of benzene rings is 2. The lowest BCUT2D eigenvalue weighted by molar-refractivity contribution is -0.128. The summed E-state index contributed by atoms with van der Waals surface area (Å²) in [6.07, 6.45) is 0.203. The molecule has 0 aromatic heterocycles. The van der Waals surface area contributed by atoms with E-state index in [1.54, 1.807) is 20.8 Å². The van der Waals surface area contributed by atoms with Gasteiger partial charge in [-0.25, -0.2) is 9.59 Å². The molecule has 2 aromatic rings. The number of carbonyl (C=O) groups excluding carboxylic acids is 4. The number of amides is 4. The van der Waals surface area contributed by atoms with Gasteiger partial charge in [-0.15, -0.1) is 0 Å². The summed E-state index contributed by atoms with van der Waals surface area (Å²) in [6.45, 7) is 5.64. The number of rotatable bonds is 13. The first-order chi connectivity index (χ1) is 18.0. The van der Waals surface area contributed by atoms with Crippen molar-refractivity contribution in [1.29, 1.82) is 0 Å². The van der Waals surface area contributed by atoms with Gasteiger partial charge in [0.15, 0.2) is 0 Å². The molecule has 0 aliphatic rings. The van der Waals surface area contributed by atoms with Crippen LogP contribution in [0.25, 0.3) is 0 Å².